The largest absolute Gasteiger partial charge is 0.0654 e. The van der Waals surface area contributed by atoms with Crippen LogP contribution in [0.25, 0.3) is 32.3 Å². The Morgan fingerprint density at radius 1 is 0.283 bits per heavy atom. The maximum Gasteiger partial charge on any atom is -0.00989 e. The summed E-state index contributed by atoms with van der Waals surface area (Å²) in [5, 5.41) is 8.45. The molecule has 46 heavy (non-hydrogen) atoms. The lowest BCUT2D eigenvalue weighted by Gasteiger charge is -2.11. The molecule has 0 saturated heterocycles. The maximum atomic E-state index is 2.50. The van der Waals surface area contributed by atoms with Gasteiger partial charge in [0.2, 0.25) is 0 Å². The van der Waals surface area contributed by atoms with E-state index >= 15 is 0 Å². The van der Waals surface area contributed by atoms with Crippen LogP contribution < -0.4 is 0 Å². The Morgan fingerprint density at radius 3 is 0.891 bits per heavy atom. The molecule has 0 spiro atoms. The molecule has 0 bridgehead atoms. The number of benzene rings is 4. The summed E-state index contributed by atoms with van der Waals surface area (Å²) < 4.78 is 0. The molecule has 0 aliphatic rings. The average molecular weight is 621 g/mol. The monoisotopic (exact) mass is 621 g/mol. The van der Waals surface area contributed by atoms with Crippen LogP contribution in [0.5, 0.6) is 0 Å². The third kappa shape index (κ3) is 12.7. The Bertz CT molecular complexity index is 1270. The SMILES string of the molecule is CCCCCCCCCCCCCCc1ccc2ccc3c4cc(CCCCCCCCCCCCCC)ccc4ccc3c2c1. The van der Waals surface area contributed by atoms with Crippen LogP contribution in [0.15, 0.2) is 60.7 Å². The van der Waals surface area contributed by atoms with Crippen LogP contribution in [-0.2, 0) is 12.8 Å². The van der Waals surface area contributed by atoms with Crippen molar-refractivity contribution in [3.63, 3.8) is 0 Å². The van der Waals surface area contributed by atoms with Gasteiger partial charge in [-0.25, -0.2) is 0 Å². The van der Waals surface area contributed by atoms with Crippen molar-refractivity contribution in [2.45, 2.75) is 181 Å². The minimum absolute atomic E-state index is 1.21. The Balaban J connectivity index is 1.21. The Kier molecular flexibility index (Phi) is 17.7. The quantitative estimate of drug-likeness (QED) is 0.0484. The maximum absolute atomic E-state index is 2.50. The van der Waals surface area contributed by atoms with Crippen LogP contribution in [-0.4, -0.2) is 0 Å². The number of rotatable bonds is 26. The lowest BCUT2D eigenvalue weighted by Crippen LogP contribution is -1.89. The van der Waals surface area contributed by atoms with E-state index < -0.39 is 0 Å². The van der Waals surface area contributed by atoms with Crippen molar-refractivity contribution in [3.05, 3.63) is 71.8 Å². The lowest BCUT2D eigenvalue weighted by molar-refractivity contribution is 0.544. The van der Waals surface area contributed by atoms with Crippen LogP contribution in [0, 0.1) is 0 Å². The molecule has 4 aromatic rings. The van der Waals surface area contributed by atoms with E-state index in [0.717, 1.165) is 0 Å². The zero-order chi connectivity index (χ0) is 32.1. The molecular formula is C46H68. The van der Waals surface area contributed by atoms with E-state index in [1.165, 1.54) is 210 Å². The van der Waals surface area contributed by atoms with Crippen LogP contribution in [0.3, 0.4) is 0 Å². The summed E-state index contributed by atoms with van der Waals surface area (Å²) in [5.41, 5.74) is 3.01. The first-order chi connectivity index (χ1) is 22.8. The van der Waals surface area contributed by atoms with E-state index in [2.05, 4.69) is 74.5 Å². The number of fused-ring (bicyclic) bond motifs is 5. The lowest BCUT2D eigenvalue weighted by atomic mass is 9.93. The predicted molar refractivity (Wildman–Crippen MR) is 209 cm³/mol. The second kappa shape index (κ2) is 22.3. The van der Waals surface area contributed by atoms with E-state index in [9.17, 15) is 0 Å². The van der Waals surface area contributed by atoms with Crippen LogP contribution in [0.1, 0.15) is 179 Å². The van der Waals surface area contributed by atoms with Gasteiger partial charge in [-0.05, 0) is 69.1 Å². The molecule has 4 aromatic carbocycles. The molecule has 0 aliphatic heterocycles. The van der Waals surface area contributed by atoms with Crippen molar-refractivity contribution in [1.29, 1.82) is 0 Å². The van der Waals surface area contributed by atoms with Gasteiger partial charge in [0, 0.05) is 0 Å². The molecule has 4 rings (SSSR count). The Hall–Kier alpha value is -2.34. The summed E-state index contributed by atoms with van der Waals surface area (Å²) in [6, 6.07) is 23.9. The highest BCUT2D eigenvalue weighted by Gasteiger charge is 2.07. The van der Waals surface area contributed by atoms with Crippen molar-refractivity contribution >= 4 is 32.3 Å². The predicted octanol–water partition coefficient (Wildman–Crippen LogP) is 15.6. The first-order valence-corrected chi connectivity index (χ1v) is 20.2. The van der Waals surface area contributed by atoms with E-state index in [4.69, 9.17) is 0 Å². The normalized spacial score (nSPS) is 11.8. The highest BCUT2D eigenvalue weighted by molar-refractivity contribution is 6.17. The summed E-state index contributed by atoms with van der Waals surface area (Å²) in [6.07, 6.45) is 36.3. The number of unbranched alkanes of at least 4 members (excludes halogenated alkanes) is 22. The van der Waals surface area contributed by atoms with Gasteiger partial charge in [0.05, 0.1) is 0 Å². The van der Waals surface area contributed by atoms with Crippen LogP contribution >= 0.6 is 0 Å². The van der Waals surface area contributed by atoms with Crippen molar-refractivity contribution in [2.75, 3.05) is 0 Å². The molecule has 0 unspecified atom stereocenters. The van der Waals surface area contributed by atoms with Gasteiger partial charge in [-0.15, -0.1) is 0 Å². The van der Waals surface area contributed by atoms with E-state index in [1.807, 2.05) is 0 Å². The van der Waals surface area contributed by atoms with Gasteiger partial charge in [0.15, 0.2) is 0 Å². The van der Waals surface area contributed by atoms with Gasteiger partial charge in [-0.3, -0.25) is 0 Å². The summed E-state index contributed by atoms with van der Waals surface area (Å²) >= 11 is 0. The van der Waals surface area contributed by atoms with E-state index in [0.29, 0.717) is 0 Å². The molecule has 0 fully saturated rings. The zero-order valence-corrected chi connectivity index (χ0v) is 30.2. The van der Waals surface area contributed by atoms with E-state index in [1.54, 1.807) is 0 Å². The Morgan fingerprint density at radius 2 is 0.565 bits per heavy atom. The molecule has 0 saturated carbocycles. The molecule has 0 N–H and O–H groups in total. The second-order valence-electron chi connectivity index (χ2n) is 14.6. The first-order valence-electron chi connectivity index (χ1n) is 20.2. The molecule has 0 radical (unpaired) electrons. The van der Waals surface area contributed by atoms with Crippen LogP contribution in [0.4, 0.5) is 0 Å². The molecule has 0 aliphatic carbocycles. The van der Waals surface area contributed by atoms with Crippen molar-refractivity contribution in [1.82, 2.24) is 0 Å². The van der Waals surface area contributed by atoms with Gasteiger partial charge in [-0.2, -0.15) is 0 Å². The number of hydrogen-bond acceptors (Lipinski definition) is 0. The highest BCUT2D eigenvalue weighted by atomic mass is 14.1. The number of hydrogen-bond donors (Lipinski definition) is 0. The van der Waals surface area contributed by atoms with Gasteiger partial charge < -0.3 is 0 Å². The minimum atomic E-state index is 1.21. The zero-order valence-electron chi connectivity index (χ0n) is 30.2. The van der Waals surface area contributed by atoms with Crippen molar-refractivity contribution < 1.29 is 0 Å². The van der Waals surface area contributed by atoms with Crippen molar-refractivity contribution in [3.8, 4) is 0 Å². The summed E-state index contributed by atoms with van der Waals surface area (Å²) in [7, 11) is 0. The third-order valence-electron chi connectivity index (χ3n) is 10.6. The first kappa shape index (κ1) is 36.5. The van der Waals surface area contributed by atoms with Gasteiger partial charge in [0.1, 0.15) is 0 Å². The Labute approximate surface area is 284 Å². The van der Waals surface area contributed by atoms with Gasteiger partial charge >= 0.3 is 0 Å². The second-order valence-corrected chi connectivity index (χ2v) is 14.6. The molecular weight excluding hydrogens is 553 g/mol. The fourth-order valence-corrected chi connectivity index (χ4v) is 7.61. The van der Waals surface area contributed by atoms with Gasteiger partial charge in [0.25, 0.3) is 0 Å². The molecule has 0 amide bonds. The minimum Gasteiger partial charge on any atom is -0.0654 e. The molecule has 0 heteroatoms. The molecule has 0 nitrogen and oxygen atoms in total. The fraction of sp³-hybridized carbons (Fsp3) is 0.609. The van der Waals surface area contributed by atoms with Crippen LogP contribution in [0.2, 0.25) is 0 Å². The standard InChI is InChI=1S/C46H68/c1-3-5-7-9-11-13-15-17-19-21-23-25-27-39-29-31-41-33-36-44-43(45(41)37-39)35-34-42-32-30-40(38-46(42)44)28-26-24-22-20-18-16-14-12-10-8-6-4-2/h29-38H,3-28H2,1-2H3. The summed E-state index contributed by atoms with van der Waals surface area (Å²) in [5.74, 6) is 0. The third-order valence-corrected chi connectivity index (χ3v) is 10.6. The molecule has 0 atom stereocenters. The molecule has 0 aromatic heterocycles. The smallest absolute Gasteiger partial charge is 0.00989 e. The van der Waals surface area contributed by atoms with Gasteiger partial charge in [-0.1, -0.05) is 216 Å². The molecule has 0 heterocycles. The number of aryl methyl sites for hydroxylation is 2. The average Bonchev–Trinajstić information content (AvgIpc) is 3.08. The summed E-state index contributed by atoms with van der Waals surface area (Å²) in [4.78, 5) is 0. The fourth-order valence-electron chi connectivity index (χ4n) is 7.61. The molecule has 252 valence electrons. The topological polar surface area (TPSA) is 0 Å². The summed E-state index contributed by atoms with van der Waals surface area (Å²) in [6.45, 7) is 4.61. The van der Waals surface area contributed by atoms with Crippen molar-refractivity contribution in [2.24, 2.45) is 0 Å². The highest BCUT2D eigenvalue weighted by Crippen LogP contribution is 2.33. The van der Waals surface area contributed by atoms with E-state index in [-0.39, 0.29) is 0 Å².